The molecule has 27 heavy (non-hydrogen) atoms. The Balaban J connectivity index is 2.19. The first-order valence-electron chi connectivity index (χ1n) is 8.41. The van der Waals surface area contributed by atoms with E-state index in [1.54, 1.807) is 0 Å². The molecule has 0 heterocycles. The van der Waals surface area contributed by atoms with Crippen molar-refractivity contribution in [2.24, 2.45) is 0 Å². The van der Waals surface area contributed by atoms with Crippen molar-refractivity contribution in [3.05, 3.63) is 29.3 Å². The Morgan fingerprint density at radius 1 is 0.963 bits per heavy atom. The molecular weight excluding hydrogens is 376 g/mol. The van der Waals surface area contributed by atoms with Crippen LogP contribution >= 0.6 is 0 Å². The van der Waals surface area contributed by atoms with Crippen LogP contribution in [-0.2, 0) is 12.4 Å². The molecule has 0 spiro atoms. The molecule has 2 atom stereocenters. The van der Waals surface area contributed by atoms with Crippen LogP contribution in [0, 0.1) is 0 Å². The maximum absolute atomic E-state index is 12.9. The lowest BCUT2D eigenvalue weighted by Gasteiger charge is -2.36. The smallest absolute Gasteiger partial charge is 0.334 e. The van der Waals surface area contributed by atoms with Gasteiger partial charge in [-0.1, -0.05) is 12.8 Å². The third-order valence-corrected chi connectivity index (χ3v) is 4.55. The maximum atomic E-state index is 12.9. The zero-order valence-electron chi connectivity index (χ0n) is 14.8. The molecule has 1 aliphatic rings. The first kappa shape index (κ1) is 21.3. The first-order chi connectivity index (χ1) is 12.4. The second-order valence-corrected chi connectivity index (χ2v) is 6.81. The zero-order chi connectivity index (χ0) is 20.4. The number of rotatable bonds is 3. The van der Waals surface area contributed by atoms with E-state index in [4.69, 9.17) is 0 Å². The second kappa shape index (κ2) is 7.95. The van der Waals surface area contributed by atoms with Crippen LogP contribution in [0.15, 0.2) is 18.2 Å². The van der Waals surface area contributed by atoms with Crippen molar-refractivity contribution in [3.8, 4) is 0 Å². The van der Waals surface area contributed by atoms with Crippen molar-refractivity contribution in [2.45, 2.75) is 50.1 Å². The number of hydrogen-bond donors (Lipinski definition) is 2. The van der Waals surface area contributed by atoms with E-state index in [1.807, 2.05) is 19.0 Å². The van der Waals surface area contributed by atoms with Gasteiger partial charge in [0.2, 0.25) is 0 Å². The highest BCUT2D eigenvalue weighted by Crippen LogP contribution is 2.37. The van der Waals surface area contributed by atoms with Gasteiger partial charge in [0, 0.05) is 17.8 Å². The molecule has 2 amide bonds. The van der Waals surface area contributed by atoms with Gasteiger partial charge in [-0.2, -0.15) is 26.3 Å². The molecule has 2 rings (SSSR count). The minimum Gasteiger partial charge on any atom is -0.334 e. The van der Waals surface area contributed by atoms with E-state index in [0.717, 1.165) is 19.3 Å². The van der Waals surface area contributed by atoms with Crippen LogP contribution in [0.3, 0.4) is 0 Å². The number of alkyl halides is 6. The fraction of sp³-hybridized carbons (Fsp3) is 0.588. The summed E-state index contributed by atoms with van der Waals surface area (Å²) in [4.78, 5) is 14.1. The third-order valence-electron chi connectivity index (χ3n) is 4.55. The van der Waals surface area contributed by atoms with Crippen molar-refractivity contribution < 1.29 is 31.1 Å². The Morgan fingerprint density at radius 2 is 1.48 bits per heavy atom. The number of benzene rings is 1. The van der Waals surface area contributed by atoms with E-state index < -0.39 is 35.2 Å². The predicted molar refractivity (Wildman–Crippen MR) is 88.3 cm³/mol. The molecular formula is C17H21F6N3O. The number of anilines is 1. The molecule has 0 unspecified atom stereocenters. The van der Waals surface area contributed by atoms with Crippen LogP contribution in [0.25, 0.3) is 0 Å². The van der Waals surface area contributed by atoms with Gasteiger partial charge in [-0.3, -0.25) is 0 Å². The summed E-state index contributed by atoms with van der Waals surface area (Å²) in [5.74, 6) is 0. The van der Waals surface area contributed by atoms with Crippen molar-refractivity contribution in [1.29, 1.82) is 0 Å². The van der Waals surface area contributed by atoms with Crippen LogP contribution in [0.2, 0.25) is 0 Å². The van der Waals surface area contributed by atoms with Gasteiger partial charge in [0.1, 0.15) is 0 Å². The molecule has 152 valence electrons. The summed E-state index contributed by atoms with van der Waals surface area (Å²) in [6.07, 6.45) is -6.52. The van der Waals surface area contributed by atoms with Gasteiger partial charge in [0.25, 0.3) is 0 Å². The van der Waals surface area contributed by atoms with Crippen LogP contribution in [-0.4, -0.2) is 37.1 Å². The van der Waals surface area contributed by atoms with Gasteiger partial charge in [0.05, 0.1) is 11.1 Å². The highest BCUT2D eigenvalue weighted by Gasteiger charge is 2.37. The van der Waals surface area contributed by atoms with Gasteiger partial charge >= 0.3 is 18.4 Å². The topological polar surface area (TPSA) is 44.4 Å². The molecule has 4 nitrogen and oxygen atoms in total. The molecule has 2 N–H and O–H groups in total. The fourth-order valence-corrected chi connectivity index (χ4v) is 3.26. The lowest BCUT2D eigenvalue weighted by molar-refractivity contribution is -0.143. The van der Waals surface area contributed by atoms with Crippen LogP contribution in [0.4, 0.5) is 36.8 Å². The summed E-state index contributed by atoms with van der Waals surface area (Å²) in [5, 5.41) is 4.77. The average Bonchev–Trinajstić information content (AvgIpc) is 2.53. The summed E-state index contributed by atoms with van der Waals surface area (Å²) in [6, 6.07) is -0.0237. The van der Waals surface area contributed by atoms with E-state index in [1.165, 1.54) is 0 Å². The lowest BCUT2D eigenvalue weighted by atomic mass is 9.89. The van der Waals surface area contributed by atoms with Crippen molar-refractivity contribution in [1.82, 2.24) is 10.2 Å². The molecule has 1 aliphatic carbocycles. The Hall–Kier alpha value is -1.97. The monoisotopic (exact) mass is 397 g/mol. The minimum atomic E-state index is -4.96. The SMILES string of the molecule is CN(C)[C@H]1CCCC[C@@H]1NC(=O)Nc1cc(C(F)(F)F)cc(C(F)(F)F)c1. The number of hydrogen-bond acceptors (Lipinski definition) is 2. The molecule has 1 aromatic carbocycles. The summed E-state index contributed by atoms with van der Waals surface area (Å²) in [7, 11) is 3.70. The molecule has 1 saturated carbocycles. The maximum Gasteiger partial charge on any atom is 0.416 e. The van der Waals surface area contributed by atoms with E-state index in [2.05, 4.69) is 10.6 Å². The highest BCUT2D eigenvalue weighted by atomic mass is 19.4. The largest absolute Gasteiger partial charge is 0.416 e. The van der Waals surface area contributed by atoms with E-state index >= 15 is 0 Å². The van der Waals surface area contributed by atoms with Gasteiger partial charge in [-0.25, -0.2) is 4.79 Å². The summed E-state index contributed by atoms with van der Waals surface area (Å²) >= 11 is 0. The van der Waals surface area contributed by atoms with E-state index in [0.29, 0.717) is 18.6 Å². The molecule has 0 aromatic heterocycles. The van der Waals surface area contributed by atoms with Gasteiger partial charge in [-0.05, 0) is 45.1 Å². The number of carbonyl (C=O) groups is 1. The molecule has 10 heteroatoms. The minimum absolute atomic E-state index is 0.0201. The summed E-state index contributed by atoms with van der Waals surface area (Å²) in [5.41, 5.74) is -3.51. The standard InChI is InChI=1S/C17H21F6N3O/c1-26(2)14-6-4-3-5-13(14)25-15(27)24-12-8-10(16(18,19)20)7-11(9-12)17(21,22)23/h7-9,13-14H,3-6H2,1-2H3,(H2,24,25,27)/t13-,14-/m0/s1. The second-order valence-electron chi connectivity index (χ2n) is 6.81. The Morgan fingerprint density at radius 3 is 1.96 bits per heavy atom. The number of carbonyl (C=O) groups excluding carboxylic acids is 1. The number of halogens is 6. The normalized spacial score (nSPS) is 21.2. The summed E-state index contributed by atoms with van der Waals surface area (Å²) < 4.78 is 77.3. The zero-order valence-corrected chi connectivity index (χ0v) is 14.8. The van der Waals surface area contributed by atoms with Gasteiger partial charge in [-0.15, -0.1) is 0 Å². The number of urea groups is 1. The fourth-order valence-electron chi connectivity index (χ4n) is 3.26. The number of likely N-dealkylation sites (N-methyl/N-ethyl adjacent to an activating group) is 1. The van der Waals surface area contributed by atoms with Crippen LogP contribution < -0.4 is 10.6 Å². The Labute approximate surface area is 152 Å². The Bertz CT molecular complexity index is 639. The molecule has 1 aromatic rings. The number of nitrogens with one attached hydrogen (secondary N) is 2. The molecule has 0 aliphatic heterocycles. The van der Waals surface area contributed by atoms with Crippen molar-refractivity contribution in [2.75, 3.05) is 19.4 Å². The van der Waals surface area contributed by atoms with Gasteiger partial charge in [0.15, 0.2) is 0 Å². The van der Waals surface area contributed by atoms with E-state index in [-0.39, 0.29) is 18.2 Å². The average molecular weight is 397 g/mol. The van der Waals surface area contributed by atoms with Crippen molar-refractivity contribution in [3.63, 3.8) is 0 Å². The van der Waals surface area contributed by atoms with Crippen molar-refractivity contribution >= 4 is 11.7 Å². The summed E-state index contributed by atoms with van der Waals surface area (Å²) in [6.45, 7) is 0. The molecule has 1 fully saturated rings. The molecule has 0 radical (unpaired) electrons. The number of nitrogens with zero attached hydrogens (tertiary/aromatic N) is 1. The lowest BCUT2D eigenvalue weighted by Crippen LogP contribution is -2.52. The quantitative estimate of drug-likeness (QED) is 0.725. The molecule has 0 saturated heterocycles. The van der Waals surface area contributed by atoms with Gasteiger partial charge < -0.3 is 15.5 Å². The predicted octanol–water partition coefficient (Wildman–Crippen LogP) is 4.72. The third kappa shape index (κ3) is 5.75. The molecule has 0 bridgehead atoms. The highest BCUT2D eigenvalue weighted by molar-refractivity contribution is 5.89. The first-order valence-corrected chi connectivity index (χ1v) is 8.41. The van der Waals surface area contributed by atoms with Crippen LogP contribution in [0.5, 0.6) is 0 Å². The van der Waals surface area contributed by atoms with Crippen LogP contribution in [0.1, 0.15) is 36.8 Å². The Kier molecular flexibility index (Phi) is 6.28. The van der Waals surface area contributed by atoms with E-state index in [9.17, 15) is 31.1 Å². The number of amides is 2.